The van der Waals surface area contributed by atoms with Crippen LogP contribution in [-0.4, -0.2) is 23.8 Å². The first kappa shape index (κ1) is 9.04. The lowest BCUT2D eigenvalue weighted by Crippen LogP contribution is -2.22. The molecule has 0 heterocycles. The fourth-order valence-electron chi connectivity index (χ4n) is 1.35. The van der Waals surface area contributed by atoms with E-state index in [0.717, 1.165) is 18.8 Å². The number of carbonyl (C=O) groups excluding carboxylic acids is 1. The lowest BCUT2D eigenvalue weighted by Gasteiger charge is -2.23. The van der Waals surface area contributed by atoms with Gasteiger partial charge in [-0.05, 0) is 19.9 Å². The smallest absolute Gasteiger partial charge is 0.161 e. The lowest BCUT2D eigenvalue weighted by molar-refractivity contribution is -0.114. The van der Waals surface area contributed by atoms with E-state index >= 15 is 0 Å². The number of hydrogen-bond acceptors (Lipinski definition) is 2. The Balaban J connectivity index is 2.72. The van der Waals surface area contributed by atoms with Crippen molar-refractivity contribution in [2.75, 3.05) is 13.1 Å². The number of allylic oxidation sites excluding steroid dienone is 3. The third-order valence-corrected chi connectivity index (χ3v) is 2.05. The van der Waals surface area contributed by atoms with E-state index in [1.165, 1.54) is 0 Å². The minimum Gasteiger partial charge on any atom is -0.372 e. The van der Waals surface area contributed by atoms with Gasteiger partial charge in [0.1, 0.15) is 0 Å². The van der Waals surface area contributed by atoms with Gasteiger partial charge in [0, 0.05) is 31.3 Å². The number of rotatable bonds is 3. The van der Waals surface area contributed by atoms with Crippen LogP contribution in [0.2, 0.25) is 0 Å². The molecule has 0 atom stereocenters. The number of likely N-dealkylation sites (N-methyl/N-ethyl adjacent to an activating group) is 1. The predicted octanol–water partition coefficient (Wildman–Crippen LogP) is 1.74. The first-order valence-corrected chi connectivity index (χ1v) is 4.44. The maximum Gasteiger partial charge on any atom is 0.161 e. The van der Waals surface area contributed by atoms with E-state index in [0.29, 0.717) is 6.42 Å². The van der Waals surface area contributed by atoms with Gasteiger partial charge in [-0.2, -0.15) is 0 Å². The topological polar surface area (TPSA) is 20.3 Å². The zero-order chi connectivity index (χ0) is 8.97. The fourth-order valence-corrected chi connectivity index (χ4v) is 1.35. The molecule has 0 saturated heterocycles. The summed E-state index contributed by atoms with van der Waals surface area (Å²) in [6.45, 7) is 6.11. The molecule has 1 aliphatic rings. The predicted molar refractivity (Wildman–Crippen MR) is 49.8 cm³/mol. The van der Waals surface area contributed by atoms with Crippen molar-refractivity contribution in [1.82, 2.24) is 4.90 Å². The molecule has 0 radical (unpaired) electrons. The zero-order valence-corrected chi connectivity index (χ0v) is 7.71. The average molecular weight is 165 g/mol. The summed E-state index contributed by atoms with van der Waals surface area (Å²) in [5, 5.41) is 0. The first-order valence-electron chi connectivity index (χ1n) is 4.44. The van der Waals surface area contributed by atoms with E-state index < -0.39 is 0 Å². The maximum absolute atomic E-state index is 11.1. The summed E-state index contributed by atoms with van der Waals surface area (Å²) >= 11 is 0. The number of ketones is 1. The van der Waals surface area contributed by atoms with Crippen LogP contribution in [0.5, 0.6) is 0 Å². The van der Waals surface area contributed by atoms with Crippen LogP contribution < -0.4 is 0 Å². The van der Waals surface area contributed by atoms with Gasteiger partial charge in [0.15, 0.2) is 5.78 Å². The number of nitrogens with zero attached hydrogens (tertiary/aromatic N) is 1. The summed E-state index contributed by atoms with van der Waals surface area (Å²) in [7, 11) is 0. The van der Waals surface area contributed by atoms with E-state index in [1.807, 2.05) is 12.2 Å². The molecule has 0 unspecified atom stereocenters. The zero-order valence-electron chi connectivity index (χ0n) is 7.71. The van der Waals surface area contributed by atoms with Gasteiger partial charge in [0.2, 0.25) is 0 Å². The highest BCUT2D eigenvalue weighted by Crippen LogP contribution is 2.11. The molecular formula is C10H15NO. The van der Waals surface area contributed by atoms with Crippen LogP contribution in [0.4, 0.5) is 0 Å². The fraction of sp³-hybridized carbons (Fsp3) is 0.500. The Bertz CT molecular complexity index is 224. The Morgan fingerprint density at radius 2 is 2.08 bits per heavy atom. The molecular weight excluding hydrogens is 150 g/mol. The minimum absolute atomic E-state index is 0.208. The molecule has 1 aliphatic carbocycles. The van der Waals surface area contributed by atoms with Gasteiger partial charge in [-0.3, -0.25) is 4.79 Å². The SMILES string of the molecule is CCN(CC)C1=CC(=O)CC=C1. The lowest BCUT2D eigenvalue weighted by atomic mass is 10.1. The highest BCUT2D eigenvalue weighted by atomic mass is 16.1. The Morgan fingerprint density at radius 1 is 1.42 bits per heavy atom. The van der Waals surface area contributed by atoms with Crippen LogP contribution in [0.3, 0.4) is 0 Å². The van der Waals surface area contributed by atoms with Crippen LogP contribution >= 0.6 is 0 Å². The molecule has 0 N–H and O–H groups in total. The van der Waals surface area contributed by atoms with Gasteiger partial charge >= 0.3 is 0 Å². The van der Waals surface area contributed by atoms with Crippen molar-refractivity contribution in [2.45, 2.75) is 20.3 Å². The molecule has 0 aromatic heterocycles. The molecule has 0 amide bonds. The molecule has 2 heteroatoms. The highest BCUT2D eigenvalue weighted by molar-refractivity contribution is 5.92. The molecule has 0 fully saturated rings. The van der Waals surface area contributed by atoms with Crippen molar-refractivity contribution in [3.8, 4) is 0 Å². The van der Waals surface area contributed by atoms with Crippen LogP contribution in [0.1, 0.15) is 20.3 Å². The second-order valence-corrected chi connectivity index (χ2v) is 2.81. The average Bonchev–Trinajstić information content (AvgIpc) is 2.07. The third-order valence-electron chi connectivity index (χ3n) is 2.05. The summed E-state index contributed by atoms with van der Waals surface area (Å²) in [5.74, 6) is 0.208. The minimum atomic E-state index is 0.208. The van der Waals surface area contributed by atoms with Crippen molar-refractivity contribution in [3.63, 3.8) is 0 Å². The molecule has 0 aliphatic heterocycles. The summed E-state index contributed by atoms with van der Waals surface area (Å²) in [4.78, 5) is 13.2. The van der Waals surface area contributed by atoms with Crippen LogP contribution in [-0.2, 0) is 4.79 Å². The van der Waals surface area contributed by atoms with Gasteiger partial charge in [-0.25, -0.2) is 0 Å². The first-order chi connectivity index (χ1) is 5.77. The standard InChI is InChI=1S/C10H15NO/c1-3-11(4-2)9-6-5-7-10(12)8-9/h5-6,8H,3-4,7H2,1-2H3. The number of hydrogen-bond donors (Lipinski definition) is 0. The van der Waals surface area contributed by atoms with E-state index in [2.05, 4.69) is 18.7 Å². The monoisotopic (exact) mass is 165 g/mol. The van der Waals surface area contributed by atoms with Crippen molar-refractivity contribution >= 4 is 5.78 Å². The Kier molecular flexibility index (Phi) is 3.09. The second kappa shape index (κ2) is 4.10. The molecule has 0 aromatic carbocycles. The second-order valence-electron chi connectivity index (χ2n) is 2.81. The molecule has 66 valence electrons. The largest absolute Gasteiger partial charge is 0.372 e. The van der Waals surface area contributed by atoms with Crippen molar-refractivity contribution in [2.24, 2.45) is 0 Å². The molecule has 0 spiro atoms. The van der Waals surface area contributed by atoms with E-state index in [-0.39, 0.29) is 5.78 Å². The van der Waals surface area contributed by atoms with Crippen LogP contribution in [0.15, 0.2) is 23.9 Å². The van der Waals surface area contributed by atoms with E-state index in [1.54, 1.807) is 6.08 Å². The quantitative estimate of drug-likeness (QED) is 0.635. The van der Waals surface area contributed by atoms with Gasteiger partial charge in [-0.15, -0.1) is 0 Å². The molecule has 1 rings (SSSR count). The Morgan fingerprint density at radius 3 is 2.58 bits per heavy atom. The molecule has 2 nitrogen and oxygen atoms in total. The Hall–Kier alpha value is -1.05. The molecule has 0 saturated carbocycles. The van der Waals surface area contributed by atoms with Crippen molar-refractivity contribution in [3.05, 3.63) is 23.9 Å². The van der Waals surface area contributed by atoms with Gasteiger partial charge in [0.25, 0.3) is 0 Å². The highest BCUT2D eigenvalue weighted by Gasteiger charge is 2.08. The van der Waals surface area contributed by atoms with Gasteiger partial charge in [0.05, 0.1) is 0 Å². The summed E-state index contributed by atoms with van der Waals surface area (Å²) in [6.07, 6.45) is 6.24. The molecule has 0 aromatic rings. The molecule has 0 bridgehead atoms. The summed E-state index contributed by atoms with van der Waals surface area (Å²) < 4.78 is 0. The summed E-state index contributed by atoms with van der Waals surface area (Å²) in [5.41, 5.74) is 1.05. The van der Waals surface area contributed by atoms with E-state index in [4.69, 9.17) is 0 Å². The van der Waals surface area contributed by atoms with Crippen LogP contribution in [0.25, 0.3) is 0 Å². The van der Waals surface area contributed by atoms with Crippen molar-refractivity contribution < 1.29 is 4.79 Å². The maximum atomic E-state index is 11.1. The normalized spacial score (nSPS) is 16.2. The van der Waals surface area contributed by atoms with Gasteiger partial charge < -0.3 is 4.90 Å². The summed E-state index contributed by atoms with van der Waals surface area (Å²) in [6, 6.07) is 0. The number of carbonyl (C=O) groups is 1. The third kappa shape index (κ3) is 1.97. The van der Waals surface area contributed by atoms with Crippen molar-refractivity contribution in [1.29, 1.82) is 0 Å². The van der Waals surface area contributed by atoms with E-state index in [9.17, 15) is 4.79 Å². The molecule has 12 heavy (non-hydrogen) atoms. The Labute approximate surface area is 73.6 Å². The van der Waals surface area contributed by atoms with Gasteiger partial charge in [-0.1, -0.05) is 6.08 Å². The van der Waals surface area contributed by atoms with Crippen LogP contribution in [0, 0.1) is 0 Å².